The number of carboxylic acid groups (broad SMARTS) is 1. The van der Waals surface area contributed by atoms with E-state index < -0.39 is 23.0 Å². The highest BCUT2D eigenvalue weighted by molar-refractivity contribution is 6.13. The summed E-state index contributed by atoms with van der Waals surface area (Å²) in [7, 11) is 1.62. The SMILES string of the molecule is CN1N=C2CCN(C(=O)[C@@H](COCc3ccccc3)NC(C)(C)C(=O)O)C[C@@]2(Cc2ccccn2)C1=O. The van der Waals surface area contributed by atoms with Crippen molar-refractivity contribution in [3.8, 4) is 0 Å². The third kappa shape index (κ3) is 5.70. The number of hydrazone groups is 1. The first-order valence-electron chi connectivity index (χ1n) is 12.3. The quantitative estimate of drug-likeness (QED) is 0.502. The number of piperidine rings is 1. The number of aliphatic carboxylic acids is 1. The molecule has 1 aromatic heterocycles. The van der Waals surface area contributed by atoms with Crippen LogP contribution in [0.5, 0.6) is 0 Å². The molecule has 2 aromatic rings. The standard InChI is InChI=1S/C27H33N5O5/c1-26(2,25(35)36)29-21(17-37-16-19-9-5-4-6-10-19)23(33)32-14-12-22-27(18-32,24(34)31(3)30-22)15-20-11-7-8-13-28-20/h4-11,13,21,29H,12,14-18H2,1-3H3,(H,35,36)/t21-,27-/m1/s1. The third-order valence-electron chi connectivity index (χ3n) is 6.89. The van der Waals surface area contributed by atoms with Crippen LogP contribution < -0.4 is 5.32 Å². The Kier molecular flexibility index (Phi) is 7.70. The van der Waals surface area contributed by atoms with Gasteiger partial charge in [0.15, 0.2) is 0 Å². The molecule has 1 saturated heterocycles. The van der Waals surface area contributed by atoms with Gasteiger partial charge >= 0.3 is 5.97 Å². The van der Waals surface area contributed by atoms with Crippen molar-refractivity contribution in [2.24, 2.45) is 10.5 Å². The maximum atomic E-state index is 13.8. The lowest BCUT2D eigenvalue weighted by molar-refractivity contribution is -0.146. The molecule has 10 nitrogen and oxygen atoms in total. The van der Waals surface area contributed by atoms with Crippen molar-refractivity contribution < 1.29 is 24.2 Å². The number of nitrogens with one attached hydrogen (secondary N) is 1. The molecule has 1 fully saturated rings. The molecule has 0 unspecified atom stereocenters. The number of hydrogen-bond acceptors (Lipinski definition) is 7. The lowest BCUT2D eigenvalue weighted by Gasteiger charge is -2.41. The van der Waals surface area contributed by atoms with Crippen LogP contribution in [-0.4, -0.2) is 81.8 Å². The molecule has 0 spiro atoms. The molecule has 2 aliphatic rings. The summed E-state index contributed by atoms with van der Waals surface area (Å²) in [6, 6.07) is 14.1. The summed E-state index contributed by atoms with van der Waals surface area (Å²) >= 11 is 0. The number of carbonyl (C=O) groups is 3. The maximum absolute atomic E-state index is 13.8. The molecule has 2 atom stereocenters. The Morgan fingerprint density at radius 1 is 1.19 bits per heavy atom. The van der Waals surface area contributed by atoms with Gasteiger partial charge in [-0.05, 0) is 31.5 Å². The Balaban J connectivity index is 1.55. The van der Waals surface area contributed by atoms with Crippen LogP contribution in [0, 0.1) is 5.41 Å². The van der Waals surface area contributed by atoms with Crippen LogP contribution in [-0.2, 0) is 32.1 Å². The summed E-state index contributed by atoms with van der Waals surface area (Å²) < 4.78 is 5.85. The minimum absolute atomic E-state index is 0.0248. The topological polar surface area (TPSA) is 124 Å². The van der Waals surface area contributed by atoms with E-state index in [1.165, 1.54) is 18.9 Å². The average Bonchev–Trinajstić information content (AvgIpc) is 3.13. The van der Waals surface area contributed by atoms with Crippen LogP contribution in [0.3, 0.4) is 0 Å². The first kappa shape index (κ1) is 26.4. The number of rotatable bonds is 10. The predicted octanol–water partition coefficient (Wildman–Crippen LogP) is 1.71. The van der Waals surface area contributed by atoms with E-state index in [-0.39, 0.29) is 31.6 Å². The predicted molar refractivity (Wildman–Crippen MR) is 137 cm³/mol. The first-order chi connectivity index (χ1) is 17.6. The summed E-state index contributed by atoms with van der Waals surface area (Å²) in [5.74, 6) is -1.58. The lowest BCUT2D eigenvalue weighted by atomic mass is 9.74. The van der Waals surface area contributed by atoms with Crippen molar-refractivity contribution in [3.63, 3.8) is 0 Å². The molecule has 3 heterocycles. The van der Waals surface area contributed by atoms with Gasteiger partial charge in [0.1, 0.15) is 17.0 Å². The van der Waals surface area contributed by atoms with Gasteiger partial charge in [0.2, 0.25) is 5.91 Å². The van der Waals surface area contributed by atoms with E-state index in [9.17, 15) is 19.5 Å². The van der Waals surface area contributed by atoms with E-state index in [4.69, 9.17) is 4.74 Å². The largest absolute Gasteiger partial charge is 0.480 e. The van der Waals surface area contributed by atoms with Gasteiger partial charge < -0.3 is 14.7 Å². The van der Waals surface area contributed by atoms with Gasteiger partial charge in [0, 0.05) is 44.9 Å². The molecule has 2 aliphatic heterocycles. The molecule has 0 aliphatic carbocycles. The van der Waals surface area contributed by atoms with Crippen molar-refractivity contribution in [3.05, 3.63) is 66.0 Å². The van der Waals surface area contributed by atoms with E-state index in [1.54, 1.807) is 18.1 Å². The molecule has 196 valence electrons. The summed E-state index contributed by atoms with van der Waals surface area (Å²) in [4.78, 5) is 45.1. The number of hydrogen-bond donors (Lipinski definition) is 2. The van der Waals surface area contributed by atoms with Crippen molar-refractivity contribution in [1.82, 2.24) is 20.2 Å². The van der Waals surface area contributed by atoms with Gasteiger partial charge in [-0.3, -0.25) is 24.7 Å². The minimum Gasteiger partial charge on any atom is -0.480 e. The molecule has 0 saturated carbocycles. The van der Waals surface area contributed by atoms with E-state index in [0.717, 1.165) is 17.0 Å². The van der Waals surface area contributed by atoms with Crippen LogP contribution in [0.25, 0.3) is 0 Å². The second kappa shape index (κ2) is 10.8. The van der Waals surface area contributed by atoms with Crippen LogP contribution in [0.1, 0.15) is 31.5 Å². The Bertz CT molecular complexity index is 1170. The van der Waals surface area contributed by atoms with Gasteiger partial charge in [-0.15, -0.1) is 0 Å². The molecule has 2 amide bonds. The number of fused-ring (bicyclic) bond motifs is 1. The number of carbonyl (C=O) groups excluding carboxylic acids is 2. The molecule has 1 aromatic carbocycles. The van der Waals surface area contributed by atoms with Crippen LogP contribution in [0.2, 0.25) is 0 Å². The number of ether oxygens (including phenoxy) is 1. The van der Waals surface area contributed by atoms with Gasteiger partial charge in [-0.25, -0.2) is 5.01 Å². The van der Waals surface area contributed by atoms with Gasteiger partial charge in [0.05, 0.1) is 18.9 Å². The fourth-order valence-electron chi connectivity index (χ4n) is 4.84. The minimum atomic E-state index is -1.37. The fraction of sp³-hybridized carbons (Fsp3) is 0.444. The summed E-state index contributed by atoms with van der Waals surface area (Å²) in [5.41, 5.74) is 0.0493. The third-order valence-corrected chi connectivity index (χ3v) is 6.89. The normalized spacial score (nSPS) is 20.4. The van der Waals surface area contributed by atoms with Gasteiger partial charge in [-0.2, -0.15) is 5.10 Å². The van der Waals surface area contributed by atoms with E-state index >= 15 is 0 Å². The number of amides is 2. The number of aromatic nitrogens is 1. The molecule has 0 radical (unpaired) electrons. The summed E-state index contributed by atoms with van der Waals surface area (Å²) in [6.45, 7) is 3.77. The molecular formula is C27H33N5O5. The fourth-order valence-corrected chi connectivity index (χ4v) is 4.84. The second-order valence-corrected chi connectivity index (χ2v) is 10.1. The van der Waals surface area contributed by atoms with Crippen molar-refractivity contribution in [2.75, 3.05) is 26.7 Å². The van der Waals surface area contributed by atoms with Crippen LogP contribution in [0.15, 0.2) is 59.8 Å². The zero-order valence-corrected chi connectivity index (χ0v) is 21.4. The molecular weight excluding hydrogens is 474 g/mol. The first-order valence-corrected chi connectivity index (χ1v) is 12.3. The lowest BCUT2D eigenvalue weighted by Crippen LogP contribution is -2.62. The van der Waals surface area contributed by atoms with Crippen molar-refractivity contribution >= 4 is 23.5 Å². The maximum Gasteiger partial charge on any atom is 0.323 e. The second-order valence-electron chi connectivity index (χ2n) is 10.1. The number of carboxylic acids is 1. The molecule has 37 heavy (non-hydrogen) atoms. The highest BCUT2D eigenvalue weighted by atomic mass is 16.5. The average molecular weight is 508 g/mol. The highest BCUT2D eigenvalue weighted by Crippen LogP contribution is 2.38. The molecule has 2 N–H and O–H groups in total. The van der Waals surface area contributed by atoms with Crippen LogP contribution >= 0.6 is 0 Å². The Morgan fingerprint density at radius 2 is 1.92 bits per heavy atom. The smallest absolute Gasteiger partial charge is 0.323 e. The van der Waals surface area contributed by atoms with E-state index in [0.29, 0.717) is 19.4 Å². The number of nitrogens with zero attached hydrogens (tertiary/aromatic N) is 4. The van der Waals surface area contributed by atoms with Crippen molar-refractivity contribution in [1.29, 1.82) is 0 Å². The van der Waals surface area contributed by atoms with Crippen molar-refractivity contribution in [2.45, 2.75) is 44.9 Å². The van der Waals surface area contributed by atoms with Crippen LogP contribution in [0.4, 0.5) is 0 Å². The number of pyridine rings is 1. The Morgan fingerprint density at radius 3 is 2.59 bits per heavy atom. The number of likely N-dealkylation sites (tertiary alicyclic amines) is 1. The molecule has 10 heteroatoms. The Hall–Kier alpha value is -3.63. The van der Waals surface area contributed by atoms with Gasteiger partial charge in [-0.1, -0.05) is 36.4 Å². The zero-order chi connectivity index (χ0) is 26.6. The zero-order valence-electron chi connectivity index (χ0n) is 21.4. The van der Waals surface area contributed by atoms with E-state index in [1.807, 2.05) is 48.5 Å². The van der Waals surface area contributed by atoms with E-state index in [2.05, 4.69) is 15.4 Å². The molecule has 4 rings (SSSR count). The molecule has 0 bridgehead atoms. The number of benzene rings is 1. The highest BCUT2D eigenvalue weighted by Gasteiger charge is 2.54. The monoisotopic (exact) mass is 507 g/mol. The van der Waals surface area contributed by atoms with Gasteiger partial charge in [0.25, 0.3) is 5.91 Å². The summed E-state index contributed by atoms with van der Waals surface area (Å²) in [5, 5.41) is 18.5. The Labute approximate surface area is 216 Å². The summed E-state index contributed by atoms with van der Waals surface area (Å²) in [6.07, 6.45) is 2.44.